The van der Waals surface area contributed by atoms with Gasteiger partial charge >= 0.3 is 0 Å². The lowest BCUT2D eigenvalue weighted by Crippen LogP contribution is -2.20. The molecule has 1 aromatic carbocycles. The minimum Gasteiger partial charge on any atom is -0.459 e. The second-order valence-electron chi connectivity index (χ2n) is 4.62. The fraction of sp³-hybridized carbons (Fsp3) is 0.375. The van der Waals surface area contributed by atoms with Crippen LogP contribution in [0.2, 0.25) is 5.02 Å². The summed E-state index contributed by atoms with van der Waals surface area (Å²) >= 11 is 5.89. The molecule has 0 saturated heterocycles. The van der Waals surface area contributed by atoms with E-state index in [-0.39, 0.29) is 0 Å². The summed E-state index contributed by atoms with van der Waals surface area (Å²) in [6, 6.07) is 12.1. The van der Waals surface area contributed by atoms with E-state index in [4.69, 9.17) is 16.0 Å². The van der Waals surface area contributed by atoms with Gasteiger partial charge < -0.3 is 9.73 Å². The Labute approximate surface area is 119 Å². The molecule has 1 atom stereocenters. The molecule has 1 N–H and O–H groups in total. The van der Waals surface area contributed by atoms with E-state index in [9.17, 15) is 0 Å². The van der Waals surface area contributed by atoms with Crippen LogP contribution in [0.3, 0.4) is 0 Å². The molecule has 1 aromatic heterocycles. The summed E-state index contributed by atoms with van der Waals surface area (Å²) in [4.78, 5) is 0. The van der Waals surface area contributed by atoms with Crippen LogP contribution >= 0.6 is 11.6 Å². The van der Waals surface area contributed by atoms with E-state index in [1.807, 2.05) is 30.3 Å². The summed E-state index contributed by atoms with van der Waals surface area (Å²) in [6.07, 6.45) is 2.15. The summed E-state index contributed by atoms with van der Waals surface area (Å²) in [5.41, 5.74) is 1.06. The first-order valence-electron chi connectivity index (χ1n) is 6.83. The van der Waals surface area contributed by atoms with Crippen LogP contribution in [0.15, 0.2) is 40.8 Å². The van der Waals surface area contributed by atoms with E-state index < -0.39 is 0 Å². The Bertz CT molecular complexity index is 504. The third-order valence-corrected chi connectivity index (χ3v) is 3.40. The Kier molecular flexibility index (Phi) is 5.06. The van der Waals surface area contributed by atoms with Crippen molar-refractivity contribution in [2.45, 2.75) is 32.7 Å². The molecule has 2 rings (SSSR count). The van der Waals surface area contributed by atoms with E-state index in [1.54, 1.807) is 0 Å². The van der Waals surface area contributed by atoms with E-state index in [1.165, 1.54) is 0 Å². The zero-order valence-corrected chi connectivity index (χ0v) is 12.2. The average molecular weight is 278 g/mol. The van der Waals surface area contributed by atoms with Crippen LogP contribution in [-0.2, 0) is 0 Å². The maximum absolute atomic E-state index is 5.95. The van der Waals surface area contributed by atoms with Gasteiger partial charge in [-0.15, -0.1) is 0 Å². The number of benzene rings is 1. The smallest absolute Gasteiger partial charge is 0.134 e. The van der Waals surface area contributed by atoms with Crippen LogP contribution in [0, 0.1) is 0 Å². The van der Waals surface area contributed by atoms with Crippen molar-refractivity contribution in [1.82, 2.24) is 5.32 Å². The van der Waals surface area contributed by atoms with Gasteiger partial charge in [-0.2, -0.15) is 0 Å². The second kappa shape index (κ2) is 6.78. The van der Waals surface area contributed by atoms with Crippen molar-refractivity contribution in [3.05, 3.63) is 47.2 Å². The van der Waals surface area contributed by atoms with Crippen LogP contribution < -0.4 is 5.32 Å². The van der Waals surface area contributed by atoms with Crippen LogP contribution in [0.1, 0.15) is 38.5 Å². The molecule has 102 valence electrons. The van der Waals surface area contributed by atoms with Crippen LogP contribution in [0.25, 0.3) is 11.3 Å². The van der Waals surface area contributed by atoms with Gasteiger partial charge in [-0.25, -0.2) is 0 Å². The molecule has 0 radical (unpaired) electrons. The number of halogens is 1. The predicted molar refractivity (Wildman–Crippen MR) is 80.5 cm³/mol. The number of hydrogen-bond donors (Lipinski definition) is 1. The zero-order valence-electron chi connectivity index (χ0n) is 11.4. The number of hydrogen-bond acceptors (Lipinski definition) is 2. The molecule has 0 aliphatic rings. The third-order valence-electron chi connectivity index (χ3n) is 3.15. The molecule has 0 spiro atoms. The first kappa shape index (κ1) is 14.2. The van der Waals surface area contributed by atoms with E-state index in [0.29, 0.717) is 6.04 Å². The quantitative estimate of drug-likeness (QED) is 0.799. The fourth-order valence-electron chi connectivity index (χ4n) is 2.07. The molecular formula is C16H20ClNO. The van der Waals surface area contributed by atoms with Crippen LogP contribution in [0.4, 0.5) is 0 Å². The van der Waals surface area contributed by atoms with E-state index >= 15 is 0 Å². The first-order chi connectivity index (χ1) is 9.24. The molecule has 0 amide bonds. The Morgan fingerprint density at radius 1 is 1.11 bits per heavy atom. The summed E-state index contributed by atoms with van der Waals surface area (Å²) in [5.74, 6) is 1.89. The highest BCUT2D eigenvalue weighted by molar-refractivity contribution is 6.30. The van der Waals surface area contributed by atoms with Gasteiger partial charge in [0.15, 0.2) is 0 Å². The second-order valence-corrected chi connectivity index (χ2v) is 5.06. The van der Waals surface area contributed by atoms with Gasteiger partial charge in [0.2, 0.25) is 0 Å². The summed E-state index contributed by atoms with van der Waals surface area (Å²) in [5, 5.41) is 4.24. The molecule has 0 aliphatic heterocycles. The lowest BCUT2D eigenvalue weighted by atomic mass is 10.1. The van der Waals surface area contributed by atoms with Gasteiger partial charge in [-0.05, 0) is 55.8 Å². The lowest BCUT2D eigenvalue weighted by Gasteiger charge is -2.13. The maximum Gasteiger partial charge on any atom is 0.134 e. The molecule has 1 unspecified atom stereocenters. The monoisotopic (exact) mass is 277 g/mol. The Balaban J connectivity index is 2.15. The number of rotatable bonds is 6. The lowest BCUT2D eigenvalue weighted by molar-refractivity contribution is 0.411. The highest BCUT2D eigenvalue weighted by atomic mass is 35.5. The fourth-order valence-corrected chi connectivity index (χ4v) is 2.20. The van der Waals surface area contributed by atoms with Crippen LogP contribution in [-0.4, -0.2) is 6.54 Å². The van der Waals surface area contributed by atoms with Gasteiger partial charge in [0.1, 0.15) is 11.5 Å². The van der Waals surface area contributed by atoms with Crippen molar-refractivity contribution in [2.24, 2.45) is 0 Å². The topological polar surface area (TPSA) is 25.2 Å². The Morgan fingerprint density at radius 3 is 2.47 bits per heavy atom. The standard InChI is InChI=1S/C16H20ClNO/c1-3-11-18-14(4-2)16-10-9-15(19-16)12-5-7-13(17)8-6-12/h5-10,14,18H,3-4,11H2,1-2H3. The average Bonchev–Trinajstić information content (AvgIpc) is 2.90. The molecule has 2 nitrogen and oxygen atoms in total. The molecular weight excluding hydrogens is 258 g/mol. The predicted octanol–water partition coefficient (Wildman–Crippen LogP) is 5.05. The minimum absolute atomic E-state index is 0.293. The first-order valence-corrected chi connectivity index (χ1v) is 7.21. The molecule has 0 fully saturated rings. The molecule has 1 heterocycles. The van der Waals surface area contributed by atoms with Crippen molar-refractivity contribution in [1.29, 1.82) is 0 Å². The molecule has 19 heavy (non-hydrogen) atoms. The molecule has 0 aliphatic carbocycles. The molecule has 0 saturated carbocycles. The van der Waals surface area contributed by atoms with Gasteiger partial charge in [-0.1, -0.05) is 25.4 Å². The van der Waals surface area contributed by atoms with Gasteiger partial charge in [0, 0.05) is 10.6 Å². The SMILES string of the molecule is CCCNC(CC)c1ccc(-c2ccc(Cl)cc2)o1. The van der Waals surface area contributed by atoms with E-state index in [0.717, 1.165) is 41.5 Å². The summed E-state index contributed by atoms with van der Waals surface area (Å²) < 4.78 is 5.95. The number of furan rings is 1. The maximum atomic E-state index is 5.95. The van der Waals surface area contributed by atoms with Crippen molar-refractivity contribution < 1.29 is 4.42 Å². The Morgan fingerprint density at radius 2 is 1.84 bits per heavy atom. The van der Waals surface area contributed by atoms with E-state index in [2.05, 4.69) is 25.2 Å². The van der Waals surface area contributed by atoms with Crippen molar-refractivity contribution in [2.75, 3.05) is 6.54 Å². The van der Waals surface area contributed by atoms with Crippen molar-refractivity contribution in [3.63, 3.8) is 0 Å². The molecule has 0 bridgehead atoms. The van der Waals surface area contributed by atoms with Gasteiger partial charge in [-0.3, -0.25) is 0 Å². The van der Waals surface area contributed by atoms with Gasteiger partial charge in [0.05, 0.1) is 6.04 Å². The van der Waals surface area contributed by atoms with Gasteiger partial charge in [0.25, 0.3) is 0 Å². The zero-order chi connectivity index (χ0) is 13.7. The third kappa shape index (κ3) is 3.62. The van der Waals surface area contributed by atoms with Crippen molar-refractivity contribution >= 4 is 11.6 Å². The molecule has 3 heteroatoms. The highest BCUT2D eigenvalue weighted by Gasteiger charge is 2.13. The van der Waals surface area contributed by atoms with Crippen molar-refractivity contribution in [3.8, 4) is 11.3 Å². The van der Waals surface area contributed by atoms with Crippen LogP contribution in [0.5, 0.6) is 0 Å². The number of nitrogens with one attached hydrogen (secondary N) is 1. The summed E-state index contributed by atoms with van der Waals surface area (Å²) in [6.45, 7) is 5.34. The highest BCUT2D eigenvalue weighted by Crippen LogP contribution is 2.27. The largest absolute Gasteiger partial charge is 0.459 e. The Hall–Kier alpha value is -1.25. The minimum atomic E-state index is 0.293. The molecule has 2 aromatic rings. The summed E-state index contributed by atoms with van der Waals surface area (Å²) in [7, 11) is 0. The normalized spacial score (nSPS) is 12.6.